The van der Waals surface area contributed by atoms with Crippen molar-refractivity contribution in [3.8, 4) is 0 Å². The molecule has 4 aliphatic carbocycles. The third-order valence-corrected chi connectivity index (χ3v) is 10.2. The normalized spacial score (nSPS) is 33.3. The topological polar surface area (TPSA) is 63.7 Å². The summed E-state index contributed by atoms with van der Waals surface area (Å²) in [6.45, 7) is 5.68. The number of anilines is 1. The lowest BCUT2D eigenvalue weighted by Crippen LogP contribution is -2.50. The second-order valence-corrected chi connectivity index (χ2v) is 12.1. The van der Waals surface area contributed by atoms with Gasteiger partial charge < -0.3 is 9.64 Å². The zero-order valence-corrected chi connectivity index (χ0v) is 22.4. The highest BCUT2D eigenvalue weighted by atomic mass is 16.5. The predicted molar refractivity (Wildman–Crippen MR) is 141 cm³/mol. The van der Waals surface area contributed by atoms with Gasteiger partial charge in [-0.25, -0.2) is 0 Å². The summed E-state index contributed by atoms with van der Waals surface area (Å²) >= 11 is 0. The van der Waals surface area contributed by atoms with Gasteiger partial charge in [0.2, 0.25) is 0 Å². The third kappa shape index (κ3) is 3.86. The molecule has 2 saturated carbocycles. The molecule has 192 valence electrons. The maximum absolute atomic E-state index is 13.6. The monoisotopic (exact) mass is 489 g/mol. The summed E-state index contributed by atoms with van der Waals surface area (Å²) in [7, 11) is 4.11. The number of ketones is 2. The zero-order chi connectivity index (χ0) is 25.8. The van der Waals surface area contributed by atoms with Crippen LogP contribution in [0.2, 0.25) is 0 Å². The molecule has 3 unspecified atom stereocenters. The van der Waals surface area contributed by atoms with Crippen LogP contribution in [0.1, 0.15) is 77.2 Å². The van der Waals surface area contributed by atoms with Gasteiger partial charge in [-0.1, -0.05) is 31.6 Å². The molecule has 0 saturated heterocycles. The Labute approximate surface area is 215 Å². The number of rotatable bonds is 5. The summed E-state index contributed by atoms with van der Waals surface area (Å²) in [5, 5.41) is 0. The number of esters is 1. The quantitative estimate of drug-likeness (QED) is 0.490. The van der Waals surface area contributed by atoms with E-state index in [4.69, 9.17) is 4.74 Å². The van der Waals surface area contributed by atoms with Crippen LogP contribution < -0.4 is 4.90 Å². The fourth-order valence-electron chi connectivity index (χ4n) is 7.99. The fourth-order valence-corrected chi connectivity index (χ4v) is 7.99. The standard InChI is InChI=1S/C31H39NO4/c1-19(33)36-18-28(35)30(2)15-14-27-25-12-8-21-16-23(34)11-13-24(21)29(25)26(17-31(27,30)3)20-6-9-22(10-7-20)32(4)5/h6-7,9-10,16,25-27H,8,11-15,17-18H2,1-5H3/t25?,26?,27?,30-,31+/m1/s1. The van der Waals surface area contributed by atoms with Crippen LogP contribution in [0.5, 0.6) is 0 Å². The first-order valence-electron chi connectivity index (χ1n) is 13.5. The molecule has 5 rings (SSSR count). The minimum Gasteiger partial charge on any atom is -0.458 e. The van der Waals surface area contributed by atoms with Crippen LogP contribution in [-0.4, -0.2) is 38.2 Å². The average molecular weight is 490 g/mol. The number of nitrogens with zero attached hydrogens (tertiary/aromatic N) is 1. The lowest BCUT2D eigenvalue weighted by atomic mass is 9.48. The van der Waals surface area contributed by atoms with Crippen molar-refractivity contribution in [1.29, 1.82) is 0 Å². The van der Waals surface area contributed by atoms with Crippen molar-refractivity contribution in [1.82, 2.24) is 0 Å². The maximum Gasteiger partial charge on any atom is 0.303 e. The Balaban J connectivity index is 1.61. The number of ether oxygens (including phenoxy) is 1. The summed E-state index contributed by atoms with van der Waals surface area (Å²) in [5.41, 5.74) is 5.98. The summed E-state index contributed by atoms with van der Waals surface area (Å²) in [4.78, 5) is 39.4. The van der Waals surface area contributed by atoms with E-state index >= 15 is 0 Å². The molecule has 5 nitrogen and oxygen atoms in total. The molecule has 5 atom stereocenters. The molecular weight excluding hydrogens is 450 g/mol. The van der Waals surface area contributed by atoms with Crippen molar-refractivity contribution in [2.24, 2.45) is 22.7 Å². The van der Waals surface area contributed by atoms with E-state index < -0.39 is 11.4 Å². The molecule has 4 aliphatic rings. The van der Waals surface area contributed by atoms with Gasteiger partial charge in [-0.05, 0) is 90.7 Å². The van der Waals surface area contributed by atoms with Crippen LogP contribution in [0.4, 0.5) is 5.69 Å². The third-order valence-electron chi connectivity index (χ3n) is 10.2. The molecule has 0 bridgehead atoms. The molecule has 2 fully saturated rings. The minimum absolute atomic E-state index is 0.0557. The molecule has 0 heterocycles. The van der Waals surface area contributed by atoms with E-state index in [1.165, 1.54) is 34.9 Å². The van der Waals surface area contributed by atoms with Crippen molar-refractivity contribution in [3.63, 3.8) is 0 Å². The predicted octanol–water partition coefficient (Wildman–Crippen LogP) is 5.79. The molecule has 0 N–H and O–H groups in total. The maximum atomic E-state index is 13.6. The average Bonchev–Trinajstić information content (AvgIpc) is 3.13. The highest BCUT2D eigenvalue weighted by molar-refractivity contribution is 5.93. The van der Waals surface area contributed by atoms with E-state index in [0.29, 0.717) is 18.3 Å². The number of Topliss-reactive ketones (excluding diaryl/α,β-unsaturated/α-hetero) is 1. The van der Waals surface area contributed by atoms with Crippen LogP contribution in [0.25, 0.3) is 0 Å². The van der Waals surface area contributed by atoms with Crippen molar-refractivity contribution in [2.75, 3.05) is 25.6 Å². The number of hydrogen-bond acceptors (Lipinski definition) is 5. The van der Waals surface area contributed by atoms with Gasteiger partial charge in [0.1, 0.15) is 0 Å². The summed E-state index contributed by atoms with van der Waals surface area (Å²) < 4.78 is 5.20. The fraction of sp³-hybridized carbons (Fsp3) is 0.581. The summed E-state index contributed by atoms with van der Waals surface area (Å²) in [5.74, 6) is 0.969. The molecule has 36 heavy (non-hydrogen) atoms. The van der Waals surface area contributed by atoms with Crippen molar-refractivity contribution in [2.45, 2.75) is 71.6 Å². The van der Waals surface area contributed by atoms with Crippen LogP contribution >= 0.6 is 0 Å². The first-order chi connectivity index (χ1) is 17.0. The Morgan fingerprint density at radius 2 is 1.78 bits per heavy atom. The largest absolute Gasteiger partial charge is 0.458 e. The SMILES string of the molecule is CC(=O)OCC(=O)[C@@]1(C)CCC2C3CCC4=CC(=O)CCC4=C3C(c3ccc(N(C)C)cc3)C[C@@]21C. The molecule has 0 radical (unpaired) electrons. The van der Waals surface area contributed by atoms with Gasteiger partial charge in [-0.15, -0.1) is 0 Å². The van der Waals surface area contributed by atoms with Gasteiger partial charge in [-0.2, -0.15) is 0 Å². The zero-order valence-electron chi connectivity index (χ0n) is 22.4. The van der Waals surface area contributed by atoms with E-state index in [1.54, 1.807) is 0 Å². The van der Waals surface area contributed by atoms with Gasteiger partial charge in [0.05, 0.1) is 0 Å². The van der Waals surface area contributed by atoms with Crippen LogP contribution in [0, 0.1) is 22.7 Å². The molecule has 5 heteroatoms. The van der Waals surface area contributed by atoms with E-state index in [1.807, 2.05) is 6.08 Å². The van der Waals surface area contributed by atoms with Gasteiger partial charge in [0, 0.05) is 44.5 Å². The smallest absolute Gasteiger partial charge is 0.303 e. The molecule has 0 spiro atoms. The number of benzene rings is 1. The lowest BCUT2D eigenvalue weighted by molar-refractivity contribution is -0.152. The Kier molecular flexibility index (Phi) is 6.25. The van der Waals surface area contributed by atoms with Crippen molar-refractivity contribution in [3.05, 3.63) is 52.6 Å². The number of carbonyl (C=O) groups is 3. The second kappa shape index (κ2) is 9.00. The van der Waals surface area contributed by atoms with Gasteiger partial charge in [0.25, 0.3) is 0 Å². The van der Waals surface area contributed by atoms with Crippen molar-refractivity contribution < 1.29 is 19.1 Å². The van der Waals surface area contributed by atoms with E-state index in [2.05, 4.69) is 57.1 Å². The molecular formula is C31H39NO4. The highest BCUT2D eigenvalue weighted by Crippen LogP contribution is 2.69. The molecule has 0 aromatic heterocycles. The number of allylic oxidation sites excluding steroid dienone is 4. The number of fused-ring (bicyclic) bond motifs is 4. The van der Waals surface area contributed by atoms with E-state index in [-0.39, 0.29) is 29.5 Å². The number of hydrogen-bond donors (Lipinski definition) is 0. The van der Waals surface area contributed by atoms with E-state index in [0.717, 1.165) is 38.5 Å². The molecule has 1 aromatic carbocycles. The summed E-state index contributed by atoms with van der Waals surface area (Å²) in [6, 6.07) is 8.89. The second-order valence-electron chi connectivity index (χ2n) is 12.1. The van der Waals surface area contributed by atoms with Crippen LogP contribution in [0.15, 0.2) is 47.1 Å². The van der Waals surface area contributed by atoms with Gasteiger partial charge >= 0.3 is 5.97 Å². The van der Waals surface area contributed by atoms with Crippen LogP contribution in [-0.2, 0) is 19.1 Å². The Morgan fingerprint density at radius 3 is 2.44 bits per heavy atom. The molecule has 1 aromatic rings. The molecule has 0 aliphatic heterocycles. The van der Waals surface area contributed by atoms with Crippen LogP contribution in [0.3, 0.4) is 0 Å². The minimum atomic E-state index is -0.524. The lowest BCUT2D eigenvalue weighted by Gasteiger charge is -2.55. The van der Waals surface area contributed by atoms with Gasteiger partial charge in [0.15, 0.2) is 18.2 Å². The Bertz CT molecular complexity index is 1160. The Hall–Kier alpha value is -2.69. The molecule has 0 amide bonds. The first kappa shape index (κ1) is 25.0. The Morgan fingerprint density at radius 1 is 1.06 bits per heavy atom. The first-order valence-corrected chi connectivity index (χ1v) is 13.5. The number of carbonyl (C=O) groups excluding carboxylic acids is 3. The van der Waals surface area contributed by atoms with Crippen molar-refractivity contribution >= 4 is 23.2 Å². The summed E-state index contributed by atoms with van der Waals surface area (Å²) in [6.07, 6.45) is 8.09. The van der Waals surface area contributed by atoms with Gasteiger partial charge in [-0.3, -0.25) is 14.4 Å². The highest BCUT2D eigenvalue weighted by Gasteiger charge is 2.63. The van der Waals surface area contributed by atoms with E-state index in [9.17, 15) is 14.4 Å².